The summed E-state index contributed by atoms with van der Waals surface area (Å²) in [5, 5.41) is 9.35. The van der Waals surface area contributed by atoms with Crippen molar-refractivity contribution in [3.8, 4) is 0 Å². The van der Waals surface area contributed by atoms with Gasteiger partial charge in [-0.05, 0) is 51.7 Å². The van der Waals surface area contributed by atoms with Gasteiger partial charge in [-0.3, -0.25) is 4.79 Å². The fourth-order valence-corrected chi connectivity index (χ4v) is 3.09. The lowest BCUT2D eigenvalue weighted by atomic mass is 9.60. The van der Waals surface area contributed by atoms with E-state index in [0.29, 0.717) is 5.92 Å². The average Bonchev–Trinajstić information content (AvgIpc) is 2.16. The highest BCUT2D eigenvalue weighted by atomic mass is 16.4. The molecule has 2 rings (SSSR count). The summed E-state index contributed by atoms with van der Waals surface area (Å²) in [5.74, 6) is -0.280. The normalized spacial score (nSPS) is 28.4. The molecule has 1 saturated heterocycles. The molecule has 0 aromatic rings. The van der Waals surface area contributed by atoms with Crippen LogP contribution in [0.25, 0.3) is 0 Å². The molecule has 0 bridgehead atoms. The summed E-state index contributed by atoms with van der Waals surface area (Å²) in [6, 6.07) is -0.146. The lowest BCUT2D eigenvalue weighted by Crippen LogP contribution is -2.57. The molecule has 1 heterocycles. The Morgan fingerprint density at radius 3 is 2.38 bits per heavy atom. The van der Waals surface area contributed by atoms with E-state index in [1.165, 1.54) is 0 Å². The zero-order chi connectivity index (χ0) is 11.8. The van der Waals surface area contributed by atoms with Gasteiger partial charge in [0.2, 0.25) is 0 Å². The molecule has 0 aromatic heterocycles. The Morgan fingerprint density at radius 1 is 1.44 bits per heavy atom. The third kappa shape index (κ3) is 1.84. The van der Waals surface area contributed by atoms with Crippen LogP contribution in [0.1, 0.15) is 32.1 Å². The van der Waals surface area contributed by atoms with Crippen molar-refractivity contribution in [1.82, 2.24) is 4.90 Å². The van der Waals surface area contributed by atoms with Crippen molar-refractivity contribution in [3.05, 3.63) is 0 Å². The number of piperidine rings is 1. The molecule has 1 saturated carbocycles. The maximum Gasteiger partial charge on any atom is 0.311 e. The fraction of sp³-hybridized carbons (Fsp3) is 0.917. The average molecular weight is 226 g/mol. The predicted molar refractivity (Wildman–Crippen MR) is 62.1 cm³/mol. The molecule has 4 heteroatoms. The van der Waals surface area contributed by atoms with Crippen LogP contribution < -0.4 is 5.73 Å². The summed E-state index contributed by atoms with van der Waals surface area (Å²) >= 11 is 0. The number of rotatable bonds is 3. The second-order valence-electron chi connectivity index (χ2n) is 5.48. The molecular formula is C12H22N2O2. The molecule has 2 fully saturated rings. The van der Waals surface area contributed by atoms with Crippen molar-refractivity contribution < 1.29 is 9.90 Å². The van der Waals surface area contributed by atoms with Gasteiger partial charge in [-0.2, -0.15) is 0 Å². The molecule has 1 aliphatic heterocycles. The maximum atomic E-state index is 11.4. The monoisotopic (exact) mass is 226 g/mol. The number of aliphatic carboxylic acids is 1. The van der Waals surface area contributed by atoms with E-state index in [9.17, 15) is 9.90 Å². The highest BCUT2D eigenvalue weighted by Crippen LogP contribution is 2.46. The van der Waals surface area contributed by atoms with Crippen LogP contribution in [0.5, 0.6) is 0 Å². The van der Waals surface area contributed by atoms with Gasteiger partial charge in [-0.1, -0.05) is 6.42 Å². The van der Waals surface area contributed by atoms with Gasteiger partial charge in [0.05, 0.1) is 5.41 Å². The lowest BCUT2D eigenvalue weighted by molar-refractivity contribution is -0.158. The highest BCUT2D eigenvalue weighted by molar-refractivity contribution is 5.76. The van der Waals surface area contributed by atoms with Crippen molar-refractivity contribution in [2.75, 3.05) is 20.1 Å². The third-order valence-electron chi connectivity index (χ3n) is 4.58. The number of hydrogen-bond donors (Lipinski definition) is 2. The Morgan fingerprint density at radius 2 is 2.00 bits per heavy atom. The van der Waals surface area contributed by atoms with Gasteiger partial charge in [0, 0.05) is 6.04 Å². The van der Waals surface area contributed by atoms with E-state index in [1.54, 1.807) is 0 Å². The van der Waals surface area contributed by atoms with E-state index >= 15 is 0 Å². The van der Waals surface area contributed by atoms with Crippen LogP contribution in [-0.4, -0.2) is 42.2 Å². The van der Waals surface area contributed by atoms with Crippen LogP contribution in [-0.2, 0) is 4.79 Å². The highest BCUT2D eigenvalue weighted by Gasteiger charge is 2.51. The van der Waals surface area contributed by atoms with E-state index in [-0.39, 0.29) is 6.04 Å². The molecule has 1 unspecified atom stereocenters. The maximum absolute atomic E-state index is 11.4. The number of carboxylic acid groups (broad SMARTS) is 1. The number of nitrogens with zero attached hydrogens (tertiary/aromatic N) is 1. The van der Waals surface area contributed by atoms with Gasteiger partial charge in [0.1, 0.15) is 0 Å². The molecule has 0 amide bonds. The Hall–Kier alpha value is -0.610. The van der Waals surface area contributed by atoms with Gasteiger partial charge in [-0.25, -0.2) is 0 Å². The standard InChI is InChI=1S/C12H22N2O2/c1-14-7-3-9(4-8-14)10(13)12(11(15)16)5-2-6-12/h9-10H,2-8,13H2,1H3,(H,15,16). The molecule has 1 aliphatic carbocycles. The van der Waals surface area contributed by atoms with E-state index in [1.807, 2.05) is 0 Å². The number of carboxylic acids is 1. The largest absolute Gasteiger partial charge is 0.481 e. The summed E-state index contributed by atoms with van der Waals surface area (Å²) in [4.78, 5) is 13.7. The first kappa shape index (κ1) is 11.9. The fourth-order valence-electron chi connectivity index (χ4n) is 3.09. The number of carbonyl (C=O) groups is 1. The van der Waals surface area contributed by atoms with Crippen molar-refractivity contribution in [2.24, 2.45) is 17.1 Å². The van der Waals surface area contributed by atoms with Crippen LogP contribution in [0.2, 0.25) is 0 Å². The summed E-state index contributed by atoms with van der Waals surface area (Å²) in [5.41, 5.74) is 5.64. The first-order valence-electron chi connectivity index (χ1n) is 6.24. The summed E-state index contributed by atoms with van der Waals surface area (Å²) in [7, 11) is 2.11. The van der Waals surface area contributed by atoms with Gasteiger partial charge < -0.3 is 15.7 Å². The summed E-state index contributed by atoms with van der Waals surface area (Å²) < 4.78 is 0. The van der Waals surface area contributed by atoms with Gasteiger partial charge >= 0.3 is 5.97 Å². The topological polar surface area (TPSA) is 66.6 Å². The lowest BCUT2D eigenvalue weighted by Gasteiger charge is -2.47. The Bertz CT molecular complexity index is 268. The number of hydrogen-bond acceptors (Lipinski definition) is 3. The zero-order valence-corrected chi connectivity index (χ0v) is 9.98. The van der Waals surface area contributed by atoms with Gasteiger partial charge in [-0.15, -0.1) is 0 Å². The zero-order valence-electron chi connectivity index (χ0n) is 9.98. The predicted octanol–water partition coefficient (Wildman–Crippen LogP) is 0.910. The molecule has 3 N–H and O–H groups in total. The van der Waals surface area contributed by atoms with E-state index < -0.39 is 11.4 Å². The van der Waals surface area contributed by atoms with Crippen molar-refractivity contribution >= 4 is 5.97 Å². The van der Waals surface area contributed by atoms with E-state index in [4.69, 9.17) is 5.73 Å². The Labute approximate surface area is 96.8 Å². The molecular weight excluding hydrogens is 204 g/mol. The molecule has 92 valence electrons. The first-order valence-corrected chi connectivity index (χ1v) is 6.24. The second kappa shape index (κ2) is 4.34. The molecule has 4 nitrogen and oxygen atoms in total. The molecule has 2 aliphatic rings. The minimum Gasteiger partial charge on any atom is -0.481 e. The van der Waals surface area contributed by atoms with Crippen LogP contribution in [0.15, 0.2) is 0 Å². The Kier molecular flexibility index (Phi) is 3.22. The first-order chi connectivity index (χ1) is 7.56. The van der Waals surface area contributed by atoms with E-state index in [0.717, 1.165) is 45.2 Å². The molecule has 0 spiro atoms. The van der Waals surface area contributed by atoms with Crippen molar-refractivity contribution in [2.45, 2.75) is 38.1 Å². The molecule has 1 atom stereocenters. The summed E-state index contributed by atoms with van der Waals surface area (Å²) in [6.07, 6.45) is 4.66. The SMILES string of the molecule is CN1CCC(C(N)C2(C(=O)O)CCC2)CC1. The van der Waals surface area contributed by atoms with Crippen molar-refractivity contribution in [3.63, 3.8) is 0 Å². The smallest absolute Gasteiger partial charge is 0.311 e. The molecule has 0 radical (unpaired) electrons. The van der Waals surface area contributed by atoms with Crippen LogP contribution in [0, 0.1) is 11.3 Å². The minimum atomic E-state index is -0.676. The van der Waals surface area contributed by atoms with Gasteiger partial charge in [0.15, 0.2) is 0 Å². The quantitative estimate of drug-likeness (QED) is 0.750. The van der Waals surface area contributed by atoms with E-state index in [2.05, 4.69) is 11.9 Å². The summed E-state index contributed by atoms with van der Waals surface area (Å²) in [6.45, 7) is 2.10. The Balaban J connectivity index is 2.01. The third-order valence-corrected chi connectivity index (χ3v) is 4.58. The number of nitrogens with two attached hydrogens (primary N) is 1. The van der Waals surface area contributed by atoms with Crippen LogP contribution >= 0.6 is 0 Å². The molecule has 0 aromatic carbocycles. The van der Waals surface area contributed by atoms with Gasteiger partial charge in [0.25, 0.3) is 0 Å². The second-order valence-corrected chi connectivity index (χ2v) is 5.48. The molecule has 16 heavy (non-hydrogen) atoms. The van der Waals surface area contributed by atoms with Crippen LogP contribution in [0.4, 0.5) is 0 Å². The van der Waals surface area contributed by atoms with Crippen molar-refractivity contribution in [1.29, 1.82) is 0 Å². The minimum absolute atomic E-state index is 0.146. The van der Waals surface area contributed by atoms with Crippen LogP contribution in [0.3, 0.4) is 0 Å². The number of likely N-dealkylation sites (tertiary alicyclic amines) is 1.